The van der Waals surface area contributed by atoms with E-state index in [0.29, 0.717) is 25.3 Å². The average molecular weight is 391 g/mol. The number of pyridine rings is 1. The van der Waals surface area contributed by atoms with Crippen LogP contribution in [0.25, 0.3) is 0 Å². The minimum absolute atomic E-state index is 0.201. The molecule has 0 aliphatic rings. The fourth-order valence-electron chi connectivity index (χ4n) is 2.88. The first kappa shape index (κ1) is 20.2. The fraction of sp³-hybridized carbons (Fsp3) is 0.217. The summed E-state index contributed by atoms with van der Waals surface area (Å²) in [5.74, 6) is 1.45. The van der Waals surface area contributed by atoms with Crippen LogP contribution < -0.4 is 20.1 Å². The van der Waals surface area contributed by atoms with Crippen molar-refractivity contribution in [1.82, 2.24) is 10.3 Å². The van der Waals surface area contributed by atoms with E-state index in [1.54, 1.807) is 19.4 Å². The van der Waals surface area contributed by atoms with Crippen LogP contribution in [0.2, 0.25) is 0 Å². The lowest BCUT2D eigenvalue weighted by atomic mass is 10.1. The van der Waals surface area contributed by atoms with Gasteiger partial charge in [0.05, 0.1) is 25.6 Å². The van der Waals surface area contributed by atoms with Crippen LogP contribution in [0.4, 0.5) is 11.4 Å². The molecule has 0 unspecified atom stereocenters. The van der Waals surface area contributed by atoms with Crippen molar-refractivity contribution < 1.29 is 14.3 Å². The van der Waals surface area contributed by atoms with Crippen LogP contribution in [0, 0.1) is 0 Å². The normalized spacial score (nSPS) is 10.3. The number of carbonyl (C=O) groups is 1. The third kappa shape index (κ3) is 5.72. The van der Waals surface area contributed by atoms with Crippen molar-refractivity contribution in [2.24, 2.45) is 0 Å². The number of ether oxygens (including phenoxy) is 2. The molecule has 0 aliphatic carbocycles. The topological polar surface area (TPSA) is 72.5 Å². The molecule has 29 heavy (non-hydrogen) atoms. The van der Waals surface area contributed by atoms with Gasteiger partial charge in [-0.3, -0.25) is 4.79 Å². The Hall–Kier alpha value is -3.54. The molecule has 0 spiro atoms. The maximum absolute atomic E-state index is 12.3. The summed E-state index contributed by atoms with van der Waals surface area (Å²) in [6.07, 6.45) is 2.33. The molecule has 3 aromatic rings. The van der Waals surface area contributed by atoms with Gasteiger partial charge < -0.3 is 20.1 Å². The molecule has 1 amide bonds. The third-order valence-corrected chi connectivity index (χ3v) is 4.32. The predicted molar refractivity (Wildman–Crippen MR) is 114 cm³/mol. The van der Waals surface area contributed by atoms with E-state index in [1.165, 1.54) is 0 Å². The Labute approximate surface area is 170 Å². The zero-order valence-corrected chi connectivity index (χ0v) is 16.6. The van der Waals surface area contributed by atoms with E-state index in [1.807, 2.05) is 61.5 Å². The highest BCUT2D eigenvalue weighted by Gasteiger charge is 2.08. The maximum Gasteiger partial charge on any atom is 0.269 e. The molecule has 0 saturated carbocycles. The molecule has 0 aliphatic heterocycles. The van der Waals surface area contributed by atoms with Crippen molar-refractivity contribution in [3.63, 3.8) is 0 Å². The molecule has 2 aromatic carbocycles. The van der Waals surface area contributed by atoms with E-state index in [0.717, 1.165) is 28.4 Å². The lowest BCUT2D eigenvalue weighted by Crippen LogP contribution is -2.26. The molecule has 0 saturated heterocycles. The number of amides is 1. The summed E-state index contributed by atoms with van der Waals surface area (Å²) < 4.78 is 10.8. The van der Waals surface area contributed by atoms with Crippen LogP contribution in [0.3, 0.4) is 0 Å². The highest BCUT2D eigenvalue weighted by atomic mass is 16.5. The number of nitrogens with zero attached hydrogens (tertiary/aromatic N) is 1. The summed E-state index contributed by atoms with van der Waals surface area (Å²) in [7, 11) is 1.64. The molecular formula is C23H25N3O3. The van der Waals surface area contributed by atoms with Crippen molar-refractivity contribution in [1.29, 1.82) is 0 Å². The first-order valence-electron chi connectivity index (χ1n) is 9.55. The van der Waals surface area contributed by atoms with Gasteiger partial charge >= 0.3 is 0 Å². The maximum atomic E-state index is 12.3. The quantitative estimate of drug-likeness (QED) is 0.572. The minimum Gasteiger partial charge on any atom is -0.496 e. The Kier molecular flexibility index (Phi) is 7.05. The Morgan fingerprint density at radius 3 is 2.45 bits per heavy atom. The number of aromatic nitrogens is 1. The second-order valence-electron chi connectivity index (χ2n) is 6.33. The lowest BCUT2D eigenvalue weighted by Gasteiger charge is -2.10. The molecule has 0 bridgehead atoms. The fourth-order valence-corrected chi connectivity index (χ4v) is 2.88. The van der Waals surface area contributed by atoms with E-state index >= 15 is 0 Å². The van der Waals surface area contributed by atoms with Gasteiger partial charge in [-0.05, 0) is 61.4 Å². The van der Waals surface area contributed by atoms with Gasteiger partial charge in [0, 0.05) is 12.2 Å². The smallest absolute Gasteiger partial charge is 0.269 e. The molecule has 0 fully saturated rings. The van der Waals surface area contributed by atoms with Gasteiger partial charge in [0.25, 0.3) is 5.91 Å². The number of hydrogen-bond acceptors (Lipinski definition) is 5. The SMILES string of the molecule is CCOc1ccc(Nc2ccc(C(=O)NCCc3ccccc3OC)nc2)cc1. The molecule has 1 aromatic heterocycles. The molecule has 0 radical (unpaired) electrons. The van der Waals surface area contributed by atoms with Crippen LogP contribution in [0.5, 0.6) is 11.5 Å². The molecule has 1 heterocycles. The number of para-hydroxylation sites is 1. The van der Waals surface area contributed by atoms with Gasteiger partial charge in [-0.2, -0.15) is 0 Å². The number of hydrogen-bond donors (Lipinski definition) is 2. The van der Waals surface area contributed by atoms with Crippen molar-refractivity contribution >= 4 is 17.3 Å². The van der Waals surface area contributed by atoms with E-state index < -0.39 is 0 Å². The van der Waals surface area contributed by atoms with Crippen molar-refractivity contribution in [2.75, 3.05) is 25.6 Å². The second-order valence-corrected chi connectivity index (χ2v) is 6.33. The molecule has 2 N–H and O–H groups in total. The monoisotopic (exact) mass is 391 g/mol. The third-order valence-electron chi connectivity index (χ3n) is 4.32. The summed E-state index contributed by atoms with van der Waals surface area (Å²) in [6.45, 7) is 3.10. The number of anilines is 2. The minimum atomic E-state index is -0.201. The average Bonchev–Trinajstić information content (AvgIpc) is 2.76. The molecule has 6 heteroatoms. The van der Waals surface area contributed by atoms with Crippen LogP contribution in [0.1, 0.15) is 23.0 Å². The van der Waals surface area contributed by atoms with Gasteiger partial charge in [0.2, 0.25) is 0 Å². The summed E-state index contributed by atoms with van der Waals surface area (Å²) in [4.78, 5) is 16.6. The largest absolute Gasteiger partial charge is 0.496 e. The van der Waals surface area contributed by atoms with Crippen LogP contribution >= 0.6 is 0 Å². The standard InChI is InChI=1S/C23H25N3O3/c1-3-29-20-11-8-18(9-12-20)26-19-10-13-21(25-16-19)23(27)24-15-14-17-6-4-5-7-22(17)28-2/h4-13,16,26H,3,14-15H2,1-2H3,(H,24,27). The molecule has 3 rings (SSSR count). The Balaban J connectivity index is 1.51. The van der Waals surface area contributed by atoms with E-state index in [2.05, 4.69) is 15.6 Å². The van der Waals surface area contributed by atoms with Crippen molar-refractivity contribution in [3.05, 3.63) is 78.1 Å². The highest BCUT2D eigenvalue weighted by Crippen LogP contribution is 2.20. The van der Waals surface area contributed by atoms with Crippen LogP contribution in [-0.4, -0.2) is 31.2 Å². The van der Waals surface area contributed by atoms with Gasteiger partial charge in [0.1, 0.15) is 17.2 Å². The van der Waals surface area contributed by atoms with Crippen LogP contribution in [0.15, 0.2) is 66.9 Å². The Morgan fingerprint density at radius 1 is 1.00 bits per heavy atom. The van der Waals surface area contributed by atoms with Crippen molar-refractivity contribution in [2.45, 2.75) is 13.3 Å². The predicted octanol–water partition coefficient (Wildman–Crippen LogP) is 4.21. The van der Waals surface area contributed by atoms with Crippen molar-refractivity contribution in [3.8, 4) is 11.5 Å². The number of benzene rings is 2. The summed E-state index contributed by atoms with van der Waals surface area (Å²) in [5, 5.41) is 6.15. The molecule has 6 nitrogen and oxygen atoms in total. The molecule has 150 valence electrons. The highest BCUT2D eigenvalue weighted by molar-refractivity contribution is 5.92. The van der Waals surface area contributed by atoms with E-state index in [4.69, 9.17) is 9.47 Å². The Morgan fingerprint density at radius 2 is 1.76 bits per heavy atom. The first-order chi connectivity index (χ1) is 14.2. The van der Waals surface area contributed by atoms with Gasteiger partial charge in [-0.25, -0.2) is 4.98 Å². The summed E-state index contributed by atoms with van der Waals surface area (Å²) in [6, 6.07) is 19.0. The van der Waals surface area contributed by atoms with Gasteiger partial charge in [-0.1, -0.05) is 18.2 Å². The first-order valence-corrected chi connectivity index (χ1v) is 9.55. The molecule has 0 atom stereocenters. The van der Waals surface area contributed by atoms with E-state index in [-0.39, 0.29) is 5.91 Å². The van der Waals surface area contributed by atoms with E-state index in [9.17, 15) is 4.79 Å². The van der Waals surface area contributed by atoms with Gasteiger partial charge in [0.15, 0.2) is 0 Å². The lowest BCUT2D eigenvalue weighted by molar-refractivity contribution is 0.0949. The summed E-state index contributed by atoms with van der Waals surface area (Å²) >= 11 is 0. The summed E-state index contributed by atoms with van der Waals surface area (Å²) in [5.41, 5.74) is 3.16. The number of methoxy groups -OCH3 is 1. The zero-order chi connectivity index (χ0) is 20.5. The molecular weight excluding hydrogens is 366 g/mol. The number of carbonyl (C=O) groups excluding carboxylic acids is 1. The van der Waals surface area contributed by atoms with Gasteiger partial charge in [-0.15, -0.1) is 0 Å². The Bertz CT molecular complexity index is 925. The van der Waals surface area contributed by atoms with Crippen LogP contribution in [-0.2, 0) is 6.42 Å². The number of nitrogens with one attached hydrogen (secondary N) is 2. The zero-order valence-electron chi connectivity index (χ0n) is 16.6. The second kappa shape index (κ2) is 10.1. The number of rotatable bonds is 9.